The van der Waals surface area contributed by atoms with Gasteiger partial charge in [-0.2, -0.15) is 5.26 Å². The van der Waals surface area contributed by atoms with E-state index in [-0.39, 0.29) is 5.78 Å². The number of hydrogen-bond donors (Lipinski definition) is 3. The lowest BCUT2D eigenvalue weighted by molar-refractivity contribution is 0.0502. The molecule has 1 amide bonds. The van der Waals surface area contributed by atoms with Gasteiger partial charge in [0.25, 0.3) is 0 Å². The number of nitrogens with zero attached hydrogens (tertiary/aromatic N) is 1. The number of alkyl carbamates (subject to hydrolysis) is 1. The van der Waals surface area contributed by atoms with Gasteiger partial charge in [0.1, 0.15) is 11.6 Å². The van der Waals surface area contributed by atoms with E-state index in [0.29, 0.717) is 23.2 Å². The molecule has 38 heavy (non-hydrogen) atoms. The number of amides is 1. The maximum Gasteiger partial charge on any atom is 0.407 e. The molecule has 4 aromatic rings. The van der Waals surface area contributed by atoms with E-state index in [1.54, 1.807) is 63.2 Å². The van der Waals surface area contributed by atoms with Crippen LogP contribution in [0.15, 0.2) is 83.5 Å². The fraction of sp³-hybridized carbons (Fsp3) is 0.233. The van der Waals surface area contributed by atoms with Gasteiger partial charge in [-0.15, -0.1) is 0 Å². The Labute approximate surface area is 230 Å². The second-order valence-electron chi connectivity index (χ2n) is 9.95. The summed E-state index contributed by atoms with van der Waals surface area (Å²) in [5.74, 6) is -0.181. The zero-order valence-corrected chi connectivity index (χ0v) is 23.0. The lowest BCUT2D eigenvalue weighted by atomic mass is 9.97. The molecular weight excluding hydrogens is 544 g/mol. The lowest BCUT2D eigenvalue weighted by Crippen LogP contribution is -2.49. The van der Waals surface area contributed by atoms with E-state index in [9.17, 15) is 14.9 Å². The van der Waals surface area contributed by atoms with Crippen molar-refractivity contribution >= 4 is 44.4 Å². The number of H-pyrrole nitrogens is 1. The van der Waals surface area contributed by atoms with Crippen LogP contribution in [0.1, 0.15) is 42.3 Å². The largest absolute Gasteiger partial charge is 0.444 e. The normalized spacial score (nSPS) is 12.8. The number of carbonyl (C=O) groups is 2. The minimum absolute atomic E-state index is 0.181. The fourth-order valence-corrected chi connectivity index (χ4v) is 4.58. The van der Waals surface area contributed by atoms with Gasteiger partial charge in [0.2, 0.25) is 0 Å². The topological polar surface area (TPSA) is 107 Å². The first-order chi connectivity index (χ1) is 18.1. The predicted octanol–water partition coefficient (Wildman–Crippen LogP) is 6.60. The number of carbonyl (C=O) groups excluding carboxylic acids is 2. The van der Waals surface area contributed by atoms with Crippen molar-refractivity contribution in [3.05, 3.63) is 100 Å². The smallest absolute Gasteiger partial charge is 0.407 e. The molecule has 2 atom stereocenters. The average Bonchev–Trinajstić information content (AvgIpc) is 3.29. The van der Waals surface area contributed by atoms with Crippen LogP contribution in [0.5, 0.6) is 0 Å². The van der Waals surface area contributed by atoms with E-state index >= 15 is 0 Å². The Morgan fingerprint density at radius 3 is 2.47 bits per heavy atom. The minimum Gasteiger partial charge on any atom is -0.444 e. The summed E-state index contributed by atoms with van der Waals surface area (Å²) >= 11 is 3.45. The van der Waals surface area contributed by atoms with Crippen molar-refractivity contribution in [3.63, 3.8) is 0 Å². The van der Waals surface area contributed by atoms with E-state index in [4.69, 9.17) is 4.74 Å². The van der Waals surface area contributed by atoms with Crippen LogP contribution in [0, 0.1) is 11.3 Å². The van der Waals surface area contributed by atoms with E-state index in [2.05, 4.69) is 37.6 Å². The van der Waals surface area contributed by atoms with Crippen molar-refractivity contribution in [1.29, 1.82) is 5.26 Å². The summed E-state index contributed by atoms with van der Waals surface area (Å²) in [5, 5.41) is 17.3. The van der Waals surface area contributed by atoms with Crippen molar-refractivity contribution in [2.24, 2.45) is 0 Å². The van der Waals surface area contributed by atoms with Crippen LogP contribution >= 0.6 is 15.9 Å². The second-order valence-corrected chi connectivity index (χ2v) is 10.9. The molecule has 0 saturated heterocycles. The number of aromatic nitrogens is 1. The highest BCUT2D eigenvalue weighted by Crippen LogP contribution is 2.26. The molecule has 0 aliphatic carbocycles. The Morgan fingerprint density at radius 2 is 1.76 bits per heavy atom. The zero-order valence-electron chi connectivity index (χ0n) is 21.4. The van der Waals surface area contributed by atoms with Gasteiger partial charge in [-0.3, -0.25) is 4.79 Å². The number of aromatic amines is 1. The number of benzene rings is 3. The first-order valence-corrected chi connectivity index (χ1v) is 13.0. The van der Waals surface area contributed by atoms with Crippen LogP contribution in [0.25, 0.3) is 10.9 Å². The number of fused-ring (bicyclic) bond motifs is 1. The van der Waals surface area contributed by atoms with Crippen LogP contribution in [-0.2, 0) is 11.2 Å². The third-order valence-electron chi connectivity index (χ3n) is 5.93. The summed E-state index contributed by atoms with van der Waals surface area (Å²) in [6.07, 6.45) is 1.61. The quantitative estimate of drug-likeness (QED) is 0.206. The molecule has 0 spiro atoms. The standard InChI is InChI=1S/C30H29BrN4O3/c1-30(2,3)38-29(37)35-26(15-20-18-33-24-12-8-7-11-22(20)24)27(17-32)34-25-14-13-21(31)16-23(25)28(36)19-9-5-4-6-10-19/h4-14,16,18,26-27,33-34H,15H2,1-3H3,(H,35,37)/t26-,27?/m1/s1. The maximum atomic E-state index is 13.4. The van der Waals surface area contributed by atoms with E-state index in [0.717, 1.165) is 20.9 Å². The average molecular weight is 573 g/mol. The lowest BCUT2D eigenvalue weighted by Gasteiger charge is -2.27. The van der Waals surface area contributed by atoms with Crippen LogP contribution < -0.4 is 10.6 Å². The third-order valence-corrected chi connectivity index (χ3v) is 6.42. The summed E-state index contributed by atoms with van der Waals surface area (Å²) in [5.41, 5.74) is 2.64. The van der Waals surface area contributed by atoms with Crippen molar-refractivity contribution in [2.45, 2.75) is 44.9 Å². The molecular formula is C30H29BrN4O3. The highest BCUT2D eigenvalue weighted by atomic mass is 79.9. The predicted molar refractivity (Wildman–Crippen MR) is 152 cm³/mol. The molecule has 0 fully saturated rings. The van der Waals surface area contributed by atoms with E-state index < -0.39 is 23.8 Å². The second kappa shape index (κ2) is 11.5. The SMILES string of the molecule is CC(C)(C)OC(=O)N[C@H](Cc1c[nH]c2ccccc12)C(C#N)Nc1ccc(Br)cc1C(=O)c1ccccc1. The first kappa shape index (κ1) is 27.0. The zero-order chi connectivity index (χ0) is 27.3. The molecule has 1 unspecified atom stereocenters. The molecule has 0 aliphatic rings. The van der Waals surface area contributed by atoms with Gasteiger partial charge in [-0.25, -0.2) is 4.79 Å². The van der Waals surface area contributed by atoms with Crippen LogP contribution in [-0.4, -0.2) is 34.5 Å². The van der Waals surface area contributed by atoms with Crippen molar-refractivity contribution in [3.8, 4) is 6.07 Å². The summed E-state index contributed by atoms with van der Waals surface area (Å²) in [4.78, 5) is 29.4. The molecule has 7 nitrogen and oxygen atoms in total. The monoisotopic (exact) mass is 572 g/mol. The molecule has 1 aromatic heterocycles. The van der Waals surface area contributed by atoms with E-state index in [1.807, 2.05) is 36.5 Å². The van der Waals surface area contributed by atoms with Gasteiger partial charge in [-0.05, 0) is 57.0 Å². The van der Waals surface area contributed by atoms with Crippen LogP contribution in [0.4, 0.5) is 10.5 Å². The Hall–Kier alpha value is -4.09. The summed E-state index contributed by atoms with van der Waals surface area (Å²) in [6.45, 7) is 5.35. The van der Waals surface area contributed by atoms with Gasteiger partial charge in [-0.1, -0.05) is 64.5 Å². The molecule has 0 aliphatic heterocycles. The van der Waals surface area contributed by atoms with Crippen molar-refractivity contribution in [1.82, 2.24) is 10.3 Å². The number of nitrogens with one attached hydrogen (secondary N) is 3. The molecule has 8 heteroatoms. The highest BCUT2D eigenvalue weighted by molar-refractivity contribution is 9.10. The molecule has 0 bridgehead atoms. The maximum absolute atomic E-state index is 13.4. The number of hydrogen-bond acceptors (Lipinski definition) is 5. The number of ketones is 1. The number of halogens is 1. The number of ether oxygens (including phenoxy) is 1. The van der Waals surface area contributed by atoms with Crippen molar-refractivity contribution in [2.75, 3.05) is 5.32 Å². The Morgan fingerprint density at radius 1 is 1.05 bits per heavy atom. The van der Waals surface area contributed by atoms with Gasteiger partial charge in [0.05, 0.1) is 12.1 Å². The van der Waals surface area contributed by atoms with Gasteiger partial charge >= 0.3 is 6.09 Å². The van der Waals surface area contributed by atoms with Gasteiger partial charge in [0, 0.05) is 38.4 Å². The van der Waals surface area contributed by atoms with Crippen LogP contribution in [0.3, 0.4) is 0 Å². The minimum atomic E-state index is -0.875. The third kappa shape index (κ3) is 6.61. The van der Waals surface area contributed by atoms with Crippen molar-refractivity contribution < 1.29 is 14.3 Å². The number of rotatable bonds is 8. The molecule has 0 radical (unpaired) electrons. The Bertz CT molecular complexity index is 1480. The molecule has 4 rings (SSSR count). The molecule has 0 saturated carbocycles. The fourth-order valence-electron chi connectivity index (χ4n) is 4.21. The van der Waals surface area contributed by atoms with Gasteiger partial charge in [0.15, 0.2) is 5.78 Å². The number of anilines is 1. The Balaban J connectivity index is 1.67. The molecule has 194 valence electrons. The summed E-state index contributed by atoms with van der Waals surface area (Å²) < 4.78 is 6.23. The Kier molecular flexibility index (Phi) is 8.18. The number of para-hydroxylation sites is 1. The summed E-state index contributed by atoms with van der Waals surface area (Å²) in [7, 11) is 0. The molecule has 3 aromatic carbocycles. The highest BCUT2D eigenvalue weighted by Gasteiger charge is 2.28. The number of nitriles is 1. The first-order valence-electron chi connectivity index (χ1n) is 12.2. The van der Waals surface area contributed by atoms with E-state index in [1.165, 1.54) is 0 Å². The summed E-state index contributed by atoms with van der Waals surface area (Å²) in [6, 6.07) is 22.8. The molecule has 1 heterocycles. The van der Waals surface area contributed by atoms with Gasteiger partial charge < -0.3 is 20.4 Å². The molecule has 3 N–H and O–H groups in total. The van der Waals surface area contributed by atoms with Crippen LogP contribution in [0.2, 0.25) is 0 Å².